The maximum Gasteiger partial charge on any atom is 0.416 e. The zero-order chi connectivity index (χ0) is 25.2. The fourth-order valence-electron chi connectivity index (χ4n) is 3.55. The molecular weight excluding hydrogens is 461 g/mol. The number of halogens is 3. The molecule has 0 spiro atoms. The Labute approximate surface area is 199 Å². The molecule has 0 radical (unpaired) electrons. The summed E-state index contributed by atoms with van der Waals surface area (Å²) in [5.74, 6) is -0.0306. The number of ether oxygens (including phenoxy) is 2. The number of aliphatic carboxylic acids is 1. The van der Waals surface area contributed by atoms with E-state index in [4.69, 9.17) is 14.6 Å². The first kappa shape index (κ1) is 24.1. The van der Waals surface area contributed by atoms with Gasteiger partial charge in [0.2, 0.25) is 0 Å². The molecule has 0 bridgehead atoms. The summed E-state index contributed by atoms with van der Waals surface area (Å²) in [5.41, 5.74) is 0.260. The van der Waals surface area contributed by atoms with E-state index in [9.17, 15) is 18.0 Å². The van der Waals surface area contributed by atoms with Crippen LogP contribution in [0.1, 0.15) is 25.0 Å². The number of hydrogen-bond acceptors (Lipinski definition) is 4. The molecule has 0 saturated heterocycles. The Bertz CT molecular complexity index is 1330. The normalized spacial score (nSPS) is 12.0. The summed E-state index contributed by atoms with van der Waals surface area (Å²) in [7, 11) is 0. The van der Waals surface area contributed by atoms with Crippen molar-refractivity contribution in [1.82, 2.24) is 9.78 Å². The molecule has 0 fully saturated rings. The molecule has 0 aliphatic carbocycles. The number of carbonyl (C=O) groups is 1. The molecule has 1 heterocycles. The molecular formula is C26H23F3N2O4. The molecule has 0 atom stereocenters. The van der Waals surface area contributed by atoms with Crippen molar-refractivity contribution in [2.24, 2.45) is 0 Å². The second kappa shape index (κ2) is 9.32. The Balaban J connectivity index is 1.43. The molecule has 0 aliphatic rings. The molecule has 0 saturated carbocycles. The van der Waals surface area contributed by atoms with Crippen molar-refractivity contribution >= 4 is 16.9 Å². The van der Waals surface area contributed by atoms with E-state index >= 15 is 0 Å². The molecule has 182 valence electrons. The quantitative estimate of drug-likeness (QED) is 0.337. The van der Waals surface area contributed by atoms with Gasteiger partial charge in [0.25, 0.3) is 0 Å². The van der Waals surface area contributed by atoms with Gasteiger partial charge in [0.15, 0.2) is 5.60 Å². The Morgan fingerprint density at radius 3 is 2.26 bits per heavy atom. The summed E-state index contributed by atoms with van der Waals surface area (Å²) in [5, 5.41) is 14.4. The standard InChI is InChI=1S/C26H23F3N2O4/c1-25(2,24(32)33)35-21-12-10-20(11-13-21)34-15-14-17-4-3-5-23-22(17)16-30-31(23)19-8-6-18(7-9-19)26(27,28)29/h3-13,16H,14-15H2,1-2H3,(H,32,33). The van der Waals surface area contributed by atoms with Crippen LogP contribution in [-0.4, -0.2) is 33.1 Å². The van der Waals surface area contributed by atoms with Gasteiger partial charge in [-0.3, -0.25) is 0 Å². The Morgan fingerprint density at radius 2 is 1.63 bits per heavy atom. The fourth-order valence-corrected chi connectivity index (χ4v) is 3.55. The van der Waals surface area contributed by atoms with E-state index in [0.717, 1.165) is 28.6 Å². The molecule has 6 nitrogen and oxygen atoms in total. The van der Waals surface area contributed by atoms with Crippen LogP contribution < -0.4 is 9.47 Å². The van der Waals surface area contributed by atoms with Crippen LogP contribution in [0.15, 0.2) is 72.9 Å². The van der Waals surface area contributed by atoms with Crippen LogP contribution in [0, 0.1) is 0 Å². The highest BCUT2D eigenvalue weighted by atomic mass is 19.4. The van der Waals surface area contributed by atoms with Crippen LogP contribution in [0.25, 0.3) is 16.6 Å². The Morgan fingerprint density at radius 1 is 0.971 bits per heavy atom. The molecule has 0 unspecified atom stereocenters. The van der Waals surface area contributed by atoms with Crippen molar-refractivity contribution < 1.29 is 32.5 Å². The fraction of sp³-hybridized carbons (Fsp3) is 0.231. The first-order chi connectivity index (χ1) is 16.5. The van der Waals surface area contributed by atoms with E-state index in [-0.39, 0.29) is 0 Å². The second-order valence-corrected chi connectivity index (χ2v) is 8.44. The lowest BCUT2D eigenvalue weighted by Gasteiger charge is -2.21. The van der Waals surface area contributed by atoms with E-state index in [1.807, 2.05) is 18.2 Å². The maximum atomic E-state index is 12.9. The monoisotopic (exact) mass is 484 g/mol. The van der Waals surface area contributed by atoms with Crippen LogP contribution in [0.2, 0.25) is 0 Å². The number of rotatable bonds is 8. The van der Waals surface area contributed by atoms with Crippen molar-refractivity contribution in [3.05, 3.63) is 84.1 Å². The minimum absolute atomic E-state index is 0.380. The van der Waals surface area contributed by atoms with E-state index in [1.165, 1.54) is 26.0 Å². The van der Waals surface area contributed by atoms with Crippen molar-refractivity contribution in [3.63, 3.8) is 0 Å². The van der Waals surface area contributed by atoms with Gasteiger partial charge in [0, 0.05) is 11.8 Å². The number of nitrogens with zero attached hydrogens (tertiary/aromatic N) is 2. The third kappa shape index (κ3) is 5.40. The number of carboxylic acid groups (broad SMARTS) is 1. The Kier molecular flexibility index (Phi) is 6.43. The SMILES string of the molecule is CC(C)(Oc1ccc(OCCc2cccc3c2cnn3-c2ccc(C(F)(F)F)cc2)cc1)C(=O)O. The highest BCUT2D eigenvalue weighted by Gasteiger charge is 2.30. The van der Waals surface area contributed by atoms with Crippen LogP contribution in [0.4, 0.5) is 13.2 Å². The highest BCUT2D eigenvalue weighted by molar-refractivity contribution is 5.83. The van der Waals surface area contributed by atoms with Gasteiger partial charge in [0.1, 0.15) is 11.5 Å². The molecule has 4 rings (SSSR count). The summed E-state index contributed by atoms with van der Waals surface area (Å²) in [4.78, 5) is 11.2. The van der Waals surface area contributed by atoms with Crippen LogP contribution in [0.5, 0.6) is 11.5 Å². The zero-order valence-corrected chi connectivity index (χ0v) is 19.0. The summed E-state index contributed by atoms with van der Waals surface area (Å²) >= 11 is 0. The van der Waals surface area contributed by atoms with Crippen LogP contribution in [0.3, 0.4) is 0 Å². The third-order valence-electron chi connectivity index (χ3n) is 5.50. The molecule has 3 aromatic carbocycles. The predicted octanol–water partition coefficient (Wildman–Crippen LogP) is 5.91. The number of fused-ring (bicyclic) bond motifs is 1. The van der Waals surface area contributed by atoms with Crippen LogP contribution in [-0.2, 0) is 17.4 Å². The molecule has 9 heteroatoms. The molecule has 35 heavy (non-hydrogen) atoms. The van der Waals surface area contributed by atoms with Crippen molar-refractivity contribution in [2.75, 3.05) is 6.61 Å². The summed E-state index contributed by atoms with van der Waals surface area (Å²) in [6.45, 7) is 3.32. The number of aromatic nitrogens is 2. The molecule has 0 aliphatic heterocycles. The van der Waals surface area contributed by atoms with E-state index < -0.39 is 23.3 Å². The lowest BCUT2D eigenvalue weighted by molar-refractivity contribution is -0.152. The second-order valence-electron chi connectivity index (χ2n) is 8.44. The number of carboxylic acids is 1. The average Bonchev–Trinajstić information content (AvgIpc) is 3.24. The third-order valence-corrected chi connectivity index (χ3v) is 5.50. The van der Waals surface area contributed by atoms with Gasteiger partial charge >= 0.3 is 12.1 Å². The molecule has 0 amide bonds. The molecule has 4 aromatic rings. The number of alkyl halides is 3. The van der Waals surface area contributed by atoms with Gasteiger partial charge in [0.05, 0.1) is 29.6 Å². The van der Waals surface area contributed by atoms with Crippen molar-refractivity contribution in [2.45, 2.75) is 32.0 Å². The lowest BCUT2D eigenvalue weighted by atomic mass is 10.1. The number of hydrogen-bond donors (Lipinski definition) is 1. The van der Waals surface area contributed by atoms with E-state index in [0.29, 0.717) is 30.2 Å². The van der Waals surface area contributed by atoms with Gasteiger partial charge in [-0.05, 0) is 74.0 Å². The average molecular weight is 484 g/mol. The largest absolute Gasteiger partial charge is 0.493 e. The molecule has 1 N–H and O–H groups in total. The van der Waals surface area contributed by atoms with Gasteiger partial charge in [-0.1, -0.05) is 12.1 Å². The number of benzene rings is 3. The van der Waals surface area contributed by atoms with Crippen LogP contribution >= 0.6 is 0 Å². The maximum absolute atomic E-state index is 12.9. The topological polar surface area (TPSA) is 73.6 Å². The minimum atomic E-state index is -4.39. The first-order valence-corrected chi connectivity index (χ1v) is 10.8. The smallest absolute Gasteiger partial charge is 0.416 e. The zero-order valence-electron chi connectivity index (χ0n) is 19.0. The van der Waals surface area contributed by atoms with Crippen molar-refractivity contribution in [1.29, 1.82) is 0 Å². The van der Waals surface area contributed by atoms with Gasteiger partial charge in [-0.25, -0.2) is 9.48 Å². The summed E-state index contributed by atoms with van der Waals surface area (Å²) in [6.07, 6.45) is -2.11. The highest BCUT2D eigenvalue weighted by Crippen LogP contribution is 2.30. The Hall–Kier alpha value is -4.01. The minimum Gasteiger partial charge on any atom is -0.493 e. The summed E-state index contributed by atoms with van der Waals surface area (Å²) < 4.78 is 51.5. The molecule has 1 aromatic heterocycles. The summed E-state index contributed by atoms with van der Waals surface area (Å²) in [6, 6.07) is 17.3. The van der Waals surface area contributed by atoms with Gasteiger partial charge in [-0.15, -0.1) is 0 Å². The van der Waals surface area contributed by atoms with Gasteiger partial charge < -0.3 is 14.6 Å². The predicted molar refractivity (Wildman–Crippen MR) is 124 cm³/mol. The van der Waals surface area contributed by atoms with Gasteiger partial charge in [-0.2, -0.15) is 18.3 Å². The van der Waals surface area contributed by atoms with E-state index in [1.54, 1.807) is 35.1 Å². The van der Waals surface area contributed by atoms with E-state index in [2.05, 4.69) is 5.10 Å². The van der Waals surface area contributed by atoms with Crippen molar-refractivity contribution in [3.8, 4) is 17.2 Å². The lowest BCUT2D eigenvalue weighted by Crippen LogP contribution is -2.37. The first-order valence-electron chi connectivity index (χ1n) is 10.8.